The van der Waals surface area contributed by atoms with E-state index >= 15 is 0 Å². The van der Waals surface area contributed by atoms with Gasteiger partial charge in [-0.2, -0.15) is 5.10 Å². The van der Waals surface area contributed by atoms with Crippen LogP contribution in [0.2, 0.25) is 0 Å². The Morgan fingerprint density at radius 3 is 2.92 bits per heavy atom. The van der Waals surface area contributed by atoms with Gasteiger partial charge < -0.3 is 4.74 Å². The number of hydrogen-bond donors (Lipinski definition) is 0. The lowest BCUT2D eigenvalue weighted by molar-refractivity contribution is 0.114. The van der Waals surface area contributed by atoms with Crippen LogP contribution in [0, 0.1) is 3.57 Å². The lowest BCUT2D eigenvalue weighted by Crippen LogP contribution is -2.12. The fraction of sp³-hybridized carbons (Fsp3) is 0.571. The van der Waals surface area contributed by atoms with E-state index in [1.165, 1.54) is 11.8 Å². The van der Waals surface area contributed by atoms with Gasteiger partial charge >= 0.3 is 0 Å². The van der Waals surface area contributed by atoms with Crippen molar-refractivity contribution in [2.75, 3.05) is 7.11 Å². The fourth-order valence-corrected chi connectivity index (χ4v) is 1.51. The van der Waals surface area contributed by atoms with Gasteiger partial charge in [-0.05, 0) is 22.6 Å². The zero-order valence-electron chi connectivity index (χ0n) is 7.01. The minimum atomic E-state index is -2.38. The van der Waals surface area contributed by atoms with E-state index in [-0.39, 0.29) is 6.54 Å². The summed E-state index contributed by atoms with van der Waals surface area (Å²) in [5, 5.41) is 3.82. The van der Waals surface area contributed by atoms with Gasteiger partial charge in [-0.3, -0.25) is 4.68 Å². The average molecular weight is 302 g/mol. The van der Waals surface area contributed by atoms with E-state index in [0.29, 0.717) is 12.3 Å². The van der Waals surface area contributed by atoms with Crippen molar-refractivity contribution in [2.24, 2.45) is 0 Å². The first kappa shape index (κ1) is 10.8. The second kappa shape index (κ2) is 4.85. The van der Waals surface area contributed by atoms with Crippen molar-refractivity contribution < 1.29 is 13.5 Å². The first-order valence-electron chi connectivity index (χ1n) is 3.62. The molecule has 1 rings (SSSR count). The van der Waals surface area contributed by atoms with Crippen molar-refractivity contribution in [1.82, 2.24) is 9.78 Å². The zero-order chi connectivity index (χ0) is 9.84. The van der Waals surface area contributed by atoms with Crippen LogP contribution in [0.3, 0.4) is 0 Å². The molecule has 0 bridgehead atoms. The lowest BCUT2D eigenvalue weighted by atomic mass is 10.4. The summed E-state index contributed by atoms with van der Waals surface area (Å²) in [6.07, 6.45) is -0.830. The number of methoxy groups -OCH3 is 1. The molecule has 1 aromatic rings. The highest BCUT2D eigenvalue weighted by atomic mass is 127. The summed E-state index contributed by atoms with van der Waals surface area (Å²) in [4.78, 5) is 0. The molecule has 6 heteroatoms. The third kappa shape index (κ3) is 2.87. The SMILES string of the molecule is COCc1c(I)cnn1CC(F)F. The summed E-state index contributed by atoms with van der Waals surface area (Å²) < 4.78 is 31.1. The van der Waals surface area contributed by atoms with Crippen molar-refractivity contribution in [3.63, 3.8) is 0 Å². The second-order valence-electron chi connectivity index (χ2n) is 2.45. The van der Waals surface area contributed by atoms with E-state index in [1.807, 2.05) is 22.6 Å². The first-order valence-corrected chi connectivity index (χ1v) is 4.70. The topological polar surface area (TPSA) is 27.1 Å². The van der Waals surface area contributed by atoms with Gasteiger partial charge in [-0.15, -0.1) is 0 Å². The Balaban J connectivity index is 2.80. The average Bonchev–Trinajstić information content (AvgIpc) is 2.35. The molecule has 0 aliphatic heterocycles. The molecule has 0 saturated heterocycles. The zero-order valence-corrected chi connectivity index (χ0v) is 9.16. The maximum absolute atomic E-state index is 12.0. The van der Waals surface area contributed by atoms with E-state index in [2.05, 4.69) is 5.10 Å². The minimum absolute atomic E-state index is 0.311. The van der Waals surface area contributed by atoms with Crippen LogP contribution in [0.1, 0.15) is 5.69 Å². The molecule has 0 unspecified atom stereocenters. The highest BCUT2D eigenvalue weighted by molar-refractivity contribution is 14.1. The Labute approximate surface area is 88.2 Å². The van der Waals surface area contributed by atoms with E-state index in [1.54, 1.807) is 6.20 Å². The summed E-state index contributed by atoms with van der Waals surface area (Å²) in [7, 11) is 1.52. The molecule has 0 amide bonds. The number of ether oxygens (including phenoxy) is 1. The fourth-order valence-electron chi connectivity index (χ4n) is 0.956. The number of rotatable bonds is 4. The van der Waals surface area contributed by atoms with Gasteiger partial charge in [0.2, 0.25) is 0 Å². The summed E-state index contributed by atoms with van der Waals surface area (Å²) in [5.74, 6) is 0. The van der Waals surface area contributed by atoms with Crippen molar-refractivity contribution in [3.8, 4) is 0 Å². The highest BCUT2D eigenvalue weighted by Gasteiger charge is 2.12. The molecule has 1 heterocycles. The highest BCUT2D eigenvalue weighted by Crippen LogP contribution is 2.13. The lowest BCUT2D eigenvalue weighted by Gasteiger charge is -2.05. The van der Waals surface area contributed by atoms with Gasteiger partial charge in [0.1, 0.15) is 6.54 Å². The molecule has 0 N–H and O–H groups in total. The predicted molar refractivity (Wildman–Crippen MR) is 51.7 cm³/mol. The summed E-state index contributed by atoms with van der Waals surface area (Å²) in [6.45, 7) is -0.0628. The molecule has 0 saturated carbocycles. The van der Waals surface area contributed by atoms with Crippen LogP contribution in [0.4, 0.5) is 8.78 Å². The molecule has 0 fully saturated rings. The Bertz CT molecular complexity index is 277. The van der Waals surface area contributed by atoms with Crippen LogP contribution in [0.15, 0.2) is 6.20 Å². The monoisotopic (exact) mass is 302 g/mol. The predicted octanol–water partition coefficient (Wildman–Crippen LogP) is 1.90. The van der Waals surface area contributed by atoms with Gasteiger partial charge in [0.05, 0.1) is 22.1 Å². The van der Waals surface area contributed by atoms with Crippen LogP contribution in [0.25, 0.3) is 0 Å². The molecule has 0 atom stereocenters. The molecule has 0 spiro atoms. The first-order chi connectivity index (χ1) is 6.15. The molecule has 0 aliphatic rings. The third-order valence-corrected chi connectivity index (χ3v) is 2.39. The minimum Gasteiger partial charge on any atom is -0.378 e. The molecule has 3 nitrogen and oxygen atoms in total. The molecular formula is C7H9F2IN2O. The van der Waals surface area contributed by atoms with Crippen LogP contribution < -0.4 is 0 Å². The maximum atomic E-state index is 12.0. The normalized spacial score (nSPS) is 11.2. The van der Waals surface area contributed by atoms with E-state index in [9.17, 15) is 8.78 Å². The van der Waals surface area contributed by atoms with Crippen LogP contribution in [0.5, 0.6) is 0 Å². The van der Waals surface area contributed by atoms with Crippen LogP contribution in [-0.4, -0.2) is 23.3 Å². The van der Waals surface area contributed by atoms with E-state index in [0.717, 1.165) is 3.57 Å². The maximum Gasteiger partial charge on any atom is 0.257 e. The molecular weight excluding hydrogens is 293 g/mol. The standard InChI is InChI=1S/C7H9F2IN2O/c1-13-4-6-5(10)2-11-12(6)3-7(8)9/h2,7H,3-4H2,1H3. The Kier molecular flexibility index (Phi) is 4.04. The summed E-state index contributed by atoms with van der Waals surface area (Å²) >= 11 is 2.04. The number of nitrogens with zero attached hydrogens (tertiary/aromatic N) is 2. The Morgan fingerprint density at radius 1 is 1.69 bits per heavy atom. The smallest absolute Gasteiger partial charge is 0.257 e. The molecule has 13 heavy (non-hydrogen) atoms. The van der Waals surface area contributed by atoms with Crippen molar-refractivity contribution in [2.45, 2.75) is 19.6 Å². The molecule has 74 valence electrons. The summed E-state index contributed by atoms with van der Waals surface area (Å²) in [5.41, 5.74) is 0.698. The summed E-state index contributed by atoms with van der Waals surface area (Å²) in [6, 6.07) is 0. The van der Waals surface area contributed by atoms with Crippen LogP contribution in [-0.2, 0) is 17.9 Å². The molecule has 0 aromatic carbocycles. The number of hydrogen-bond acceptors (Lipinski definition) is 2. The van der Waals surface area contributed by atoms with E-state index in [4.69, 9.17) is 4.74 Å². The largest absolute Gasteiger partial charge is 0.378 e. The number of alkyl halides is 2. The van der Waals surface area contributed by atoms with Crippen molar-refractivity contribution in [1.29, 1.82) is 0 Å². The Hall–Kier alpha value is -0.240. The van der Waals surface area contributed by atoms with Gasteiger partial charge in [-0.25, -0.2) is 8.78 Å². The van der Waals surface area contributed by atoms with Gasteiger partial charge in [0.25, 0.3) is 6.43 Å². The molecule has 0 radical (unpaired) electrons. The van der Waals surface area contributed by atoms with Crippen molar-refractivity contribution in [3.05, 3.63) is 15.5 Å². The third-order valence-electron chi connectivity index (χ3n) is 1.49. The second-order valence-corrected chi connectivity index (χ2v) is 3.61. The quantitative estimate of drug-likeness (QED) is 0.794. The van der Waals surface area contributed by atoms with Gasteiger partial charge in [-0.1, -0.05) is 0 Å². The Morgan fingerprint density at radius 2 is 2.38 bits per heavy atom. The molecule has 1 aromatic heterocycles. The molecule has 0 aliphatic carbocycles. The van der Waals surface area contributed by atoms with Gasteiger partial charge in [0.15, 0.2) is 0 Å². The van der Waals surface area contributed by atoms with Crippen molar-refractivity contribution >= 4 is 22.6 Å². The van der Waals surface area contributed by atoms with E-state index < -0.39 is 6.43 Å². The number of aromatic nitrogens is 2. The van der Waals surface area contributed by atoms with Gasteiger partial charge in [0, 0.05) is 7.11 Å². The van der Waals surface area contributed by atoms with Crippen LogP contribution >= 0.6 is 22.6 Å². The number of halogens is 3.